The third kappa shape index (κ3) is 5.66. The molecule has 2 aliphatic heterocycles. The van der Waals surface area contributed by atoms with Crippen molar-refractivity contribution in [1.29, 1.82) is 0 Å². The van der Waals surface area contributed by atoms with Crippen LogP contribution < -0.4 is 4.74 Å². The Balaban J connectivity index is 1.19. The molecule has 3 nitrogen and oxygen atoms in total. The summed E-state index contributed by atoms with van der Waals surface area (Å²) in [6.45, 7) is 5.60. The van der Waals surface area contributed by atoms with Gasteiger partial charge in [-0.2, -0.15) is 0 Å². The Morgan fingerprint density at radius 1 is 0.944 bits per heavy atom. The van der Waals surface area contributed by atoms with Gasteiger partial charge in [-0.25, -0.2) is 8.78 Å². The van der Waals surface area contributed by atoms with Crippen molar-refractivity contribution in [2.75, 3.05) is 19.6 Å². The van der Waals surface area contributed by atoms with E-state index in [1.54, 1.807) is 0 Å². The van der Waals surface area contributed by atoms with Gasteiger partial charge >= 0.3 is 0 Å². The Labute approximate surface area is 220 Å². The van der Waals surface area contributed by atoms with Gasteiger partial charge in [-0.05, 0) is 92.7 Å². The van der Waals surface area contributed by atoms with Gasteiger partial charge in [0.15, 0.2) is 0 Å². The van der Waals surface area contributed by atoms with Crippen molar-refractivity contribution < 1.29 is 18.3 Å². The van der Waals surface area contributed by atoms with E-state index in [0.717, 1.165) is 72.2 Å². The van der Waals surface area contributed by atoms with Crippen LogP contribution in [0, 0.1) is 11.6 Å². The summed E-state index contributed by atoms with van der Waals surface area (Å²) < 4.78 is 40.9. The lowest BCUT2D eigenvalue weighted by Crippen LogP contribution is -2.53. The molecule has 3 aromatic carbocycles. The average molecular weight is 556 g/mol. The maximum atomic E-state index is 13.5. The minimum Gasteiger partial charge on any atom is -0.487 e. The summed E-state index contributed by atoms with van der Waals surface area (Å²) in [4.78, 5) is 2.50. The summed E-state index contributed by atoms with van der Waals surface area (Å²) in [7, 11) is 0. The first kappa shape index (κ1) is 25.4. The number of benzene rings is 3. The highest BCUT2D eigenvalue weighted by Gasteiger charge is 2.43. The second kappa shape index (κ2) is 11.0. The molecule has 0 radical (unpaired) electrons. The van der Waals surface area contributed by atoms with E-state index in [1.165, 1.54) is 24.3 Å². The average Bonchev–Trinajstić information content (AvgIpc) is 3.01. The Kier molecular flexibility index (Phi) is 7.75. The van der Waals surface area contributed by atoms with Gasteiger partial charge in [-0.3, -0.25) is 0 Å². The fourth-order valence-corrected chi connectivity index (χ4v) is 5.96. The van der Waals surface area contributed by atoms with E-state index in [4.69, 9.17) is 9.47 Å². The highest BCUT2D eigenvalue weighted by molar-refractivity contribution is 9.10. The molecule has 0 aliphatic carbocycles. The number of nitrogens with zero attached hydrogens (tertiary/aromatic N) is 1. The number of likely N-dealkylation sites (tertiary alicyclic amines) is 1. The molecule has 0 amide bonds. The van der Waals surface area contributed by atoms with Crippen molar-refractivity contribution in [3.8, 4) is 5.75 Å². The van der Waals surface area contributed by atoms with E-state index in [2.05, 4.69) is 33.8 Å². The second-order valence-corrected chi connectivity index (χ2v) is 10.9. The second-order valence-electron chi connectivity index (χ2n) is 10.0. The van der Waals surface area contributed by atoms with Crippen molar-refractivity contribution in [1.82, 2.24) is 4.90 Å². The van der Waals surface area contributed by atoms with Crippen LogP contribution in [0.2, 0.25) is 0 Å². The number of halogens is 3. The molecule has 0 bridgehead atoms. The minimum absolute atomic E-state index is 0.0107. The van der Waals surface area contributed by atoms with Gasteiger partial charge < -0.3 is 14.4 Å². The summed E-state index contributed by atoms with van der Waals surface area (Å²) in [6, 6.07) is 19.5. The molecular formula is C30H32BrF2NO2. The van der Waals surface area contributed by atoms with Crippen molar-refractivity contribution in [3.05, 3.63) is 99.5 Å². The van der Waals surface area contributed by atoms with E-state index in [1.807, 2.05) is 36.4 Å². The lowest BCUT2D eigenvalue weighted by atomic mass is 9.85. The predicted octanol–water partition coefficient (Wildman–Crippen LogP) is 7.47. The van der Waals surface area contributed by atoms with Crippen LogP contribution in [0.5, 0.6) is 5.75 Å². The molecule has 1 fully saturated rings. The third-order valence-electron chi connectivity index (χ3n) is 7.80. The topological polar surface area (TPSA) is 21.7 Å². The molecule has 3 aromatic rings. The van der Waals surface area contributed by atoms with E-state index in [0.29, 0.717) is 6.61 Å². The Hall–Kier alpha value is -2.28. The van der Waals surface area contributed by atoms with Gasteiger partial charge in [-0.15, -0.1) is 0 Å². The molecule has 36 heavy (non-hydrogen) atoms. The highest BCUT2D eigenvalue weighted by Crippen LogP contribution is 2.39. The maximum absolute atomic E-state index is 13.5. The Bertz CT molecular complexity index is 1120. The zero-order chi connectivity index (χ0) is 25.1. The van der Waals surface area contributed by atoms with Crippen LogP contribution in [0.3, 0.4) is 0 Å². The van der Waals surface area contributed by atoms with Crippen LogP contribution in [-0.4, -0.2) is 36.2 Å². The third-order valence-corrected chi connectivity index (χ3v) is 8.29. The number of rotatable bonds is 6. The molecule has 0 saturated carbocycles. The van der Waals surface area contributed by atoms with Gasteiger partial charge in [0.25, 0.3) is 0 Å². The molecule has 1 atom stereocenters. The molecule has 6 heteroatoms. The van der Waals surface area contributed by atoms with Crippen LogP contribution >= 0.6 is 15.9 Å². The van der Waals surface area contributed by atoms with Gasteiger partial charge in [0, 0.05) is 29.0 Å². The summed E-state index contributed by atoms with van der Waals surface area (Å²) in [5.74, 6) is 0.540. The predicted molar refractivity (Wildman–Crippen MR) is 141 cm³/mol. The number of piperidine rings is 1. The standard InChI is InChI=1S/C30H32BrF2NO2/c1-21-30(35-20-24-19-25(31)8-13-29(24)36-21)14-17-34(18-15-30)16-2-3-28(22-4-9-26(32)10-5-22)23-6-11-27(33)12-7-23/h4-13,19,21,28H,2-3,14-18,20H2,1H3. The fraction of sp³-hybridized carbons (Fsp3) is 0.400. The largest absolute Gasteiger partial charge is 0.487 e. The molecule has 2 aliphatic rings. The lowest BCUT2D eigenvalue weighted by Gasteiger charge is -2.43. The number of hydrogen-bond acceptors (Lipinski definition) is 3. The monoisotopic (exact) mass is 555 g/mol. The van der Waals surface area contributed by atoms with Crippen molar-refractivity contribution in [2.45, 2.75) is 56.8 Å². The SMILES string of the molecule is CC1Oc2ccc(Br)cc2COC12CCN(CCCC(c1ccc(F)cc1)c1ccc(F)cc1)CC2. The molecule has 0 aromatic heterocycles. The summed E-state index contributed by atoms with van der Waals surface area (Å²) in [6.07, 6.45) is 3.77. The zero-order valence-corrected chi connectivity index (χ0v) is 22.1. The van der Waals surface area contributed by atoms with E-state index in [-0.39, 0.29) is 29.3 Å². The van der Waals surface area contributed by atoms with Gasteiger partial charge in [0.2, 0.25) is 0 Å². The molecular weight excluding hydrogens is 524 g/mol. The number of hydrogen-bond donors (Lipinski definition) is 0. The Morgan fingerprint density at radius 3 is 2.17 bits per heavy atom. The Morgan fingerprint density at radius 2 is 1.56 bits per heavy atom. The quantitative estimate of drug-likeness (QED) is 0.315. The van der Waals surface area contributed by atoms with Crippen LogP contribution in [0.15, 0.2) is 71.2 Å². The summed E-state index contributed by atoms with van der Waals surface area (Å²) in [5, 5.41) is 0. The van der Waals surface area contributed by atoms with Gasteiger partial charge in [0.1, 0.15) is 29.1 Å². The molecule has 1 unspecified atom stereocenters. The van der Waals surface area contributed by atoms with E-state index in [9.17, 15) is 8.78 Å². The van der Waals surface area contributed by atoms with Crippen molar-refractivity contribution in [3.63, 3.8) is 0 Å². The number of fused-ring (bicyclic) bond motifs is 1. The molecule has 0 N–H and O–H groups in total. The minimum atomic E-state index is -0.271. The fourth-order valence-electron chi connectivity index (χ4n) is 5.55. The molecule has 1 saturated heterocycles. The van der Waals surface area contributed by atoms with Crippen LogP contribution in [-0.2, 0) is 11.3 Å². The zero-order valence-electron chi connectivity index (χ0n) is 20.6. The first-order chi connectivity index (χ1) is 17.4. The van der Waals surface area contributed by atoms with Crippen LogP contribution in [0.4, 0.5) is 8.78 Å². The number of ether oxygens (including phenoxy) is 2. The maximum Gasteiger partial charge on any atom is 0.125 e. The molecule has 2 heterocycles. The molecule has 190 valence electrons. The first-order valence-corrected chi connectivity index (χ1v) is 13.5. The van der Waals surface area contributed by atoms with E-state index >= 15 is 0 Å². The highest BCUT2D eigenvalue weighted by atomic mass is 79.9. The summed E-state index contributed by atoms with van der Waals surface area (Å²) >= 11 is 3.55. The van der Waals surface area contributed by atoms with E-state index < -0.39 is 0 Å². The first-order valence-electron chi connectivity index (χ1n) is 12.7. The normalized spacial score (nSPS) is 19.6. The van der Waals surface area contributed by atoms with Gasteiger partial charge in [-0.1, -0.05) is 40.2 Å². The van der Waals surface area contributed by atoms with Crippen molar-refractivity contribution >= 4 is 15.9 Å². The van der Waals surface area contributed by atoms with Crippen LogP contribution in [0.1, 0.15) is 55.2 Å². The lowest BCUT2D eigenvalue weighted by molar-refractivity contribution is -0.136. The van der Waals surface area contributed by atoms with Crippen LogP contribution in [0.25, 0.3) is 0 Å². The molecule has 5 rings (SSSR count). The summed E-state index contributed by atoms with van der Waals surface area (Å²) in [5.41, 5.74) is 2.93. The molecule has 1 spiro atoms. The smallest absolute Gasteiger partial charge is 0.125 e. The van der Waals surface area contributed by atoms with Gasteiger partial charge in [0.05, 0.1) is 6.61 Å². The van der Waals surface area contributed by atoms with Crippen molar-refractivity contribution in [2.24, 2.45) is 0 Å².